The fraction of sp³-hybridized carbons (Fsp3) is 0. The van der Waals surface area contributed by atoms with Gasteiger partial charge >= 0.3 is 0 Å². The van der Waals surface area contributed by atoms with Gasteiger partial charge in [-0.15, -0.1) is 5.10 Å². The van der Waals surface area contributed by atoms with E-state index in [4.69, 9.17) is 23.2 Å². The van der Waals surface area contributed by atoms with Crippen LogP contribution in [0.4, 0.5) is 0 Å². The summed E-state index contributed by atoms with van der Waals surface area (Å²) in [5.74, 6) is 0. The lowest BCUT2D eigenvalue weighted by Gasteiger charge is -2.06. The molecule has 0 N–H and O–H groups in total. The smallest absolute Gasteiger partial charge is 0.0944 e. The molecule has 0 aliphatic heterocycles. The molecule has 3 nitrogen and oxygen atoms in total. The maximum atomic E-state index is 5.89. The molecule has 0 saturated carbocycles. The summed E-state index contributed by atoms with van der Waals surface area (Å²) in [4.78, 5) is 0. The highest BCUT2D eigenvalue weighted by atomic mass is 35.5. The Morgan fingerprint density at radius 1 is 0.789 bits per heavy atom. The zero-order valence-corrected chi connectivity index (χ0v) is 11.3. The molecule has 3 rings (SSSR count). The number of halogens is 2. The van der Waals surface area contributed by atoms with Crippen LogP contribution in [0.15, 0.2) is 54.7 Å². The standard InChI is InChI=1S/C14H9Cl2N3/c15-11-3-1-10(2-4-11)14-9-17-18-19(14)13-7-5-12(16)6-8-13/h1-9H. The Balaban J connectivity index is 2.07. The lowest BCUT2D eigenvalue weighted by Crippen LogP contribution is -1.98. The summed E-state index contributed by atoms with van der Waals surface area (Å²) in [6, 6.07) is 15.0. The van der Waals surface area contributed by atoms with E-state index in [-0.39, 0.29) is 0 Å². The summed E-state index contributed by atoms with van der Waals surface area (Å²) < 4.78 is 1.76. The normalized spacial score (nSPS) is 10.6. The topological polar surface area (TPSA) is 30.7 Å². The predicted molar refractivity (Wildman–Crippen MR) is 76.8 cm³/mol. The van der Waals surface area contributed by atoms with Crippen molar-refractivity contribution in [1.29, 1.82) is 0 Å². The van der Waals surface area contributed by atoms with Gasteiger partial charge in [-0.05, 0) is 36.4 Å². The van der Waals surface area contributed by atoms with Crippen LogP contribution >= 0.6 is 23.2 Å². The highest BCUT2D eigenvalue weighted by molar-refractivity contribution is 6.30. The molecule has 94 valence electrons. The van der Waals surface area contributed by atoms with Crippen molar-refractivity contribution in [2.75, 3.05) is 0 Å². The van der Waals surface area contributed by atoms with E-state index in [2.05, 4.69) is 10.3 Å². The molecule has 0 spiro atoms. The van der Waals surface area contributed by atoms with Crippen LogP contribution in [0.5, 0.6) is 0 Å². The van der Waals surface area contributed by atoms with Gasteiger partial charge in [-0.2, -0.15) is 0 Å². The Morgan fingerprint density at radius 3 is 2.00 bits per heavy atom. The molecule has 0 radical (unpaired) electrons. The van der Waals surface area contributed by atoms with E-state index in [1.165, 1.54) is 0 Å². The maximum Gasteiger partial charge on any atom is 0.0944 e. The zero-order chi connectivity index (χ0) is 13.2. The lowest BCUT2D eigenvalue weighted by atomic mass is 10.1. The van der Waals surface area contributed by atoms with E-state index in [0.717, 1.165) is 16.9 Å². The largest absolute Gasteiger partial charge is 0.213 e. The molecule has 5 heteroatoms. The van der Waals surface area contributed by atoms with Crippen LogP contribution in [-0.2, 0) is 0 Å². The van der Waals surface area contributed by atoms with Crippen molar-refractivity contribution >= 4 is 23.2 Å². The van der Waals surface area contributed by atoms with Crippen molar-refractivity contribution in [2.24, 2.45) is 0 Å². The van der Waals surface area contributed by atoms with E-state index in [0.29, 0.717) is 10.0 Å². The first kappa shape index (κ1) is 12.2. The Kier molecular flexibility index (Phi) is 3.23. The minimum absolute atomic E-state index is 0.692. The fourth-order valence-corrected chi connectivity index (χ4v) is 2.08. The summed E-state index contributed by atoms with van der Waals surface area (Å²) in [6.45, 7) is 0. The molecule has 1 heterocycles. The minimum atomic E-state index is 0.692. The van der Waals surface area contributed by atoms with Gasteiger partial charge in [0.15, 0.2) is 0 Å². The summed E-state index contributed by atoms with van der Waals surface area (Å²) in [6.07, 6.45) is 1.72. The molecule has 0 unspecified atom stereocenters. The lowest BCUT2D eigenvalue weighted by molar-refractivity contribution is 0.808. The first-order valence-electron chi connectivity index (χ1n) is 5.66. The van der Waals surface area contributed by atoms with Gasteiger partial charge in [0.25, 0.3) is 0 Å². The van der Waals surface area contributed by atoms with Crippen molar-refractivity contribution in [3.8, 4) is 16.9 Å². The van der Waals surface area contributed by atoms with Crippen molar-refractivity contribution in [3.05, 3.63) is 64.8 Å². The number of rotatable bonds is 2. The first-order valence-corrected chi connectivity index (χ1v) is 6.42. The van der Waals surface area contributed by atoms with Crippen LogP contribution in [0.1, 0.15) is 0 Å². The predicted octanol–water partition coefficient (Wildman–Crippen LogP) is 4.24. The number of hydrogen-bond donors (Lipinski definition) is 0. The van der Waals surface area contributed by atoms with E-state index >= 15 is 0 Å². The molecule has 0 aliphatic rings. The Morgan fingerprint density at radius 2 is 1.37 bits per heavy atom. The Hall–Kier alpha value is -1.84. The zero-order valence-electron chi connectivity index (χ0n) is 9.79. The van der Waals surface area contributed by atoms with Crippen LogP contribution in [0, 0.1) is 0 Å². The molecular weight excluding hydrogens is 281 g/mol. The van der Waals surface area contributed by atoms with Gasteiger partial charge in [0.1, 0.15) is 0 Å². The summed E-state index contributed by atoms with van der Waals surface area (Å²) in [7, 11) is 0. The first-order chi connectivity index (χ1) is 9.24. The second kappa shape index (κ2) is 5.03. The van der Waals surface area contributed by atoms with Crippen LogP contribution in [0.2, 0.25) is 10.0 Å². The van der Waals surface area contributed by atoms with Gasteiger partial charge in [-0.1, -0.05) is 40.5 Å². The third kappa shape index (κ3) is 2.48. The molecule has 0 bridgehead atoms. The fourth-order valence-electron chi connectivity index (χ4n) is 1.83. The average molecular weight is 290 g/mol. The third-order valence-electron chi connectivity index (χ3n) is 2.76. The number of nitrogens with zero attached hydrogens (tertiary/aromatic N) is 3. The third-order valence-corrected chi connectivity index (χ3v) is 3.26. The molecule has 1 aromatic heterocycles. The molecule has 0 atom stereocenters. The van der Waals surface area contributed by atoms with Gasteiger partial charge in [0.05, 0.1) is 17.6 Å². The van der Waals surface area contributed by atoms with E-state index in [1.54, 1.807) is 10.9 Å². The molecular formula is C14H9Cl2N3. The Labute approximate surface area is 120 Å². The number of aromatic nitrogens is 3. The molecule has 0 aliphatic carbocycles. The molecule has 0 saturated heterocycles. The molecule has 2 aromatic carbocycles. The minimum Gasteiger partial charge on any atom is -0.213 e. The molecule has 19 heavy (non-hydrogen) atoms. The van der Waals surface area contributed by atoms with E-state index in [9.17, 15) is 0 Å². The molecule has 3 aromatic rings. The SMILES string of the molecule is Clc1ccc(-c2cnnn2-c2ccc(Cl)cc2)cc1. The van der Waals surface area contributed by atoms with E-state index < -0.39 is 0 Å². The van der Waals surface area contributed by atoms with Crippen LogP contribution in [0.3, 0.4) is 0 Å². The highest BCUT2D eigenvalue weighted by Crippen LogP contribution is 2.23. The van der Waals surface area contributed by atoms with Gasteiger partial charge in [-0.3, -0.25) is 0 Å². The summed E-state index contributed by atoms with van der Waals surface area (Å²) >= 11 is 11.8. The molecule has 0 amide bonds. The van der Waals surface area contributed by atoms with Gasteiger partial charge in [-0.25, -0.2) is 4.68 Å². The second-order valence-electron chi connectivity index (χ2n) is 4.01. The Bertz CT molecular complexity index is 627. The van der Waals surface area contributed by atoms with Crippen molar-refractivity contribution in [2.45, 2.75) is 0 Å². The summed E-state index contributed by atoms with van der Waals surface area (Å²) in [5.41, 5.74) is 2.81. The van der Waals surface area contributed by atoms with Crippen LogP contribution in [0.25, 0.3) is 16.9 Å². The quantitative estimate of drug-likeness (QED) is 0.706. The highest BCUT2D eigenvalue weighted by Gasteiger charge is 2.08. The second-order valence-corrected chi connectivity index (χ2v) is 4.89. The van der Waals surface area contributed by atoms with Crippen molar-refractivity contribution in [3.63, 3.8) is 0 Å². The monoisotopic (exact) mass is 289 g/mol. The van der Waals surface area contributed by atoms with Gasteiger partial charge in [0, 0.05) is 15.6 Å². The van der Waals surface area contributed by atoms with Crippen LogP contribution in [-0.4, -0.2) is 15.0 Å². The van der Waals surface area contributed by atoms with Crippen molar-refractivity contribution in [1.82, 2.24) is 15.0 Å². The molecule has 0 fully saturated rings. The van der Waals surface area contributed by atoms with Crippen molar-refractivity contribution < 1.29 is 0 Å². The van der Waals surface area contributed by atoms with E-state index in [1.807, 2.05) is 48.5 Å². The van der Waals surface area contributed by atoms with Gasteiger partial charge < -0.3 is 0 Å². The summed E-state index contributed by atoms with van der Waals surface area (Å²) in [5, 5.41) is 9.47. The maximum absolute atomic E-state index is 5.89. The number of hydrogen-bond acceptors (Lipinski definition) is 2. The van der Waals surface area contributed by atoms with Crippen LogP contribution < -0.4 is 0 Å². The average Bonchev–Trinajstić information content (AvgIpc) is 2.90. The van der Waals surface area contributed by atoms with Gasteiger partial charge in [0.2, 0.25) is 0 Å². The number of benzene rings is 2.